The molecule has 0 aliphatic carbocycles. The molecule has 1 spiro atoms. The van der Waals surface area contributed by atoms with Gasteiger partial charge in [0.05, 0.1) is 16.7 Å². The number of hydrogen-bond acceptors (Lipinski definition) is 5. The maximum atomic E-state index is 13.4. The first kappa shape index (κ1) is 19.1. The van der Waals surface area contributed by atoms with E-state index in [1.165, 1.54) is 12.1 Å². The average Bonchev–Trinajstić information content (AvgIpc) is 3.39. The van der Waals surface area contributed by atoms with Crippen molar-refractivity contribution in [3.8, 4) is 5.75 Å². The molecule has 2 unspecified atom stereocenters. The van der Waals surface area contributed by atoms with E-state index < -0.39 is 5.85 Å². The van der Waals surface area contributed by atoms with E-state index in [-0.39, 0.29) is 17.1 Å². The first-order valence-electron chi connectivity index (χ1n) is 10.3. The molecule has 3 aromatic rings. The Morgan fingerprint density at radius 3 is 2.62 bits per heavy atom. The van der Waals surface area contributed by atoms with E-state index in [0.29, 0.717) is 17.1 Å². The summed E-state index contributed by atoms with van der Waals surface area (Å²) < 4.78 is 19.9. The van der Waals surface area contributed by atoms with Gasteiger partial charge in [0.1, 0.15) is 11.6 Å². The van der Waals surface area contributed by atoms with Gasteiger partial charge in [-0.1, -0.05) is 60.7 Å². The van der Waals surface area contributed by atoms with Crippen LogP contribution in [0.1, 0.15) is 29.2 Å². The van der Waals surface area contributed by atoms with Crippen molar-refractivity contribution in [2.75, 3.05) is 0 Å². The van der Waals surface area contributed by atoms with Crippen molar-refractivity contribution in [3.05, 3.63) is 106 Å². The molecule has 0 radical (unpaired) electrons. The Labute approximate surface area is 188 Å². The summed E-state index contributed by atoms with van der Waals surface area (Å²) in [5.74, 6) is -0.855. The fraction of sp³-hybridized carbons (Fsp3) is 0.120. The summed E-state index contributed by atoms with van der Waals surface area (Å²) in [4.78, 5) is 13.3. The van der Waals surface area contributed by atoms with Crippen LogP contribution in [0.25, 0.3) is 6.08 Å². The zero-order valence-corrected chi connectivity index (χ0v) is 17.7. The Balaban J connectivity index is 1.51. The smallest absolute Gasteiger partial charge is 0.314 e. The van der Waals surface area contributed by atoms with Crippen LogP contribution in [0.4, 0.5) is 9.18 Å². The van der Waals surface area contributed by atoms with Gasteiger partial charge in [-0.05, 0) is 47.2 Å². The summed E-state index contributed by atoms with van der Waals surface area (Å²) in [6.45, 7) is 0. The third-order valence-electron chi connectivity index (χ3n) is 5.85. The van der Waals surface area contributed by atoms with Gasteiger partial charge in [0.15, 0.2) is 0 Å². The van der Waals surface area contributed by atoms with Crippen LogP contribution < -0.4 is 10.1 Å². The number of carbonyl (C=O) groups is 1. The monoisotopic (exact) mass is 443 g/mol. The molecule has 0 aromatic heterocycles. The number of para-hydroxylation sites is 1. The van der Waals surface area contributed by atoms with E-state index in [4.69, 9.17) is 9.84 Å². The molecule has 1 fully saturated rings. The summed E-state index contributed by atoms with van der Waals surface area (Å²) in [6.07, 6.45) is 2.54. The molecule has 0 saturated carbocycles. The first-order valence-corrected chi connectivity index (χ1v) is 11.1. The second-order valence-electron chi connectivity index (χ2n) is 7.84. The second-order valence-corrected chi connectivity index (χ2v) is 8.85. The predicted molar refractivity (Wildman–Crippen MR) is 122 cm³/mol. The number of benzene rings is 3. The molecule has 3 aliphatic heterocycles. The number of thioether (sulfide) groups is 1. The minimum absolute atomic E-state index is 0.0919. The summed E-state index contributed by atoms with van der Waals surface area (Å²) in [5, 5.41) is 9.61. The highest BCUT2D eigenvalue weighted by atomic mass is 32.2. The highest BCUT2D eigenvalue weighted by Crippen LogP contribution is 2.52. The number of rotatable bonds is 2. The van der Waals surface area contributed by atoms with E-state index in [0.717, 1.165) is 34.2 Å². The molecular weight excluding hydrogens is 425 g/mol. The van der Waals surface area contributed by atoms with E-state index >= 15 is 0 Å². The van der Waals surface area contributed by atoms with E-state index in [9.17, 15) is 9.18 Å². The summed E-state index contributed by atoms with van der Waals surface area (Å²) in [6, 6.07) is 23.9. The van der Waals surface area contributed by atoms with E-state index in [2.05, 4.69) is 5.32 Å². The molecule has 1 amide bonds. The van der Waals surface area contributed by atoms with Crippen LogP contribution in [0, 0.1) is 5.82 Å². The predicted octanol–water partition coefficient (Wildman–Crippen LogP) is 5.52. The van der Waals surface area contributed by atoms with Crippen molar-refractivity contribution in [1.82, 2.24) is 10.3 Å². The molecule has 32 heavy (non-hydrogen) atoms. The minimum Gasteiger partial charge on any atom is -0.444 e. The number of ether oxygens (including phenoxy) is 1. The van der Waals surface area contributed by atoms with Crippen LogP contribution in [-0.2, 0) is 0 Å². The van der Waals surface area contributed by atoms with Crippen molar-refractivity contribution < 1.29 is 13.9 Å². The second kappa shape index (κ2) is 7.24. The number of hydrazone groups is 1. The first-order chi connectivity index (χ1) is 15.6. The fourth-order valence-electron chi connectivity index (χ4n) is 4.38. The maximum absolute atomic E-state index is 13.4. The summed E-state index contributed by atoms with van der Waals surface area (Å²) in [7, 11) is 0. The Kier molecular flexibility index (Phi) is 4.33. The Morgan fingerprint density at radius 1 is 1.06 bits per heavy atom. The molecule has 7 heteroatoms. The molecule has 1 N–H and O–H groups in total. The van der Waals surface area contributed by atoms with Crippen LogP contribution in [0.5, 0.6) is 5.75 Å². The molecule has 158 valence electrons. The summed E-state index contributed by atoms with van der Waals surface area (Å²) in [5.41, 5.74) is 3.77. The van der Waals surface area contributed by atoms with Crippen LogP contribution in [-0.4, -0.2) is 21.8 Å². The fourth-order valence-corrected chi connectivity index (χ4v) is 5.29. The topological polar surface area (TPSA) is 53.9 Å². The van der Waals surface area contributed by atoms with E-state index in [1.54, 1.807) is 12.1 Å². The number of hydrogen-bond donors (Lipinski definition) is 1. The molecule has 5 nitrogen and oxygen atoms in total. The van der Waals surface area contributed by atoms with Gasteiger partial charge in [-0.2, -0.15) is 5.10 Å². The Morgan fingerprint density at radius 2 is 1.81 bits per heavy atom. The van der Waals surface area contributed by atoms with Crippen LogP contribution in [0.2, 0.25) is 0 Å². The molecular formula is C25H18FN3O2S. The van der Waals surface area contributed by atoms with Crippen molar-refractivity contribution in [2.24, 2.45) is 5.10 Å². The molecule has 0 bridgehead atoms. The lowest BCUT2D eigenvalue weighted by molar-refractivity contribution is -0.0949. The maximum Gasteiger partial charge on any atom is 0.314 e. The lowest BCUT2D eigenvalue weighted by Gasteiger charge is -2.45. The molecule has 6 rings (SSSR count). The van der Waals surface area contributed by atoms with Gasteiger partial charge in [-0.15, -0.1) is 0 Å². The van der Waals surface area contributed by atoms with Gasteiger partial charge >= 0.3 is 5.85 Å². The zero-order chi connectivity index (χ0) is 21.7. The third kappa shape index (κ3) is 3.00. The van der Waals surface area contributed by atoms with Crippen LogP contribution in [0.3, 0.4) is 0 Å². The highest BCUT2D eigenvalue weighted by Gasteiger charge is 2.58. The molecule has 1 saturated heterocycles. The lowest BCUT2D eigenvalue weighted by atomic mass is 9.95. The average molecular weight is 444 g/mol. The Hall–Kier alpha value is -3.58. The standard InChI is InChI=1S/C25H18FN3O2S/c26-18-12-10-16(11-13-18)14-23-25(27-24(30)32-23)29-21(19-8-4-5-9-22(19)31-25)15-20(28-29)17-6-2-1-3-7-17/h1-14,21H,15H2,(H,27,30)/b23-14-. The molecule has 3 aliphatic rings. The van der Waals surface area contributed by atoms with Crippen molar-refractivity contribution in [3.63, 3.8) is 0 Å². The summed E-state index contributed by atoms with van der Waals surface area (Å²) >= 11 is 1.07. The Bertz CT molecular complexity index is 1280. The largest absolute Gasteiger partial charge is 0.444 e. The number of fused-ring (bicyclic) bond motifs is 4. The number of carbonyl (C=O) groups excluding carboxylic acids is 1. The van der Waals surface area contributed by atoms with Crippen LogP contribution >= 0.6 is 11.8 Å². The molecule has 3 aromatic carbocycles. The quantitative estimate of drug-likeness (QED) is 0.567. The highest BCUT2D eigenvalue weighted by molar-refractivity contribution is 8.17. The number of nitrogens with one attached hydrogen (secondary N) is 1. The van der Waals surface area contributed by atoms with Gasteiger partial charge < -0.3 is 4.74 Å². The third-order valence-corrected chi connectivity index (χ3v) is 6.75. The number of nitrogens with zero attached hydrogens (tertiary/aromatic N) is 2. The SMILES string of the molecule is O=C1NC2(Oc3ccccc3C3CC(c4ccccc4)=NN32)/C(=C/c2ccc(F)cc2)S1. The zero-order valence-electron chi connectivity index (χ0n) is 16.9. The van der Waals surface area contributed by atoms with Gasteiger partial charge in [-0.3, -0.25) is 10.1 Å². The minimum atomic E-state index is -1.26. The van der Waals surface area contributed by atoms with Gasteiger partial charge in [0, 0.05) is 12.0 Å². The van der Waals surface area contributed by atoms with Crippen molar-refractivity contribution in [2.45, 2.75) is 18.3 Å². The van der Waals surface area contributed by atoms with Gasteiger partial charge in [0.2, 0.25) is 0 Å². The normalized spacial score (nSPS) is 24.7. The van der Waals surface area contributed by atoms with Crippen LogP contribution in [0.15, 0.2) is 88.9 Å². The van der Waals surface area contributed by atoms with Crippen molar-refractivity contribution in [1.29, 1.82) is 0 Å². The van der Waals surface area contributed by atoms with Gasteiger partial charge in [-0.25, -0.2) is 9.40 Å². The number of amides is 1. The van der Waals surface area contributed by atoms with Crippen molar-refractivity contribution >= 4 is 28.8 Å². The number of halogens is 1. The lowest BCUT2D eigenvalue weighted by Crippen LogP contribution is -2.61. The molecule has 3 heterocycles. The van der Waals surface area contributed by atoms with Gasteiger partial charge in [0.25, 0.3) is 5.24 Å². The molecule has 2 atom stereocenters. The van der Waals surface area contributed by atoms with E-state index in [1.807, 2.05) is 65.7 Å².